The quantitative estimate of drug-likeness (QED) is 0.926. The lowest BCUT2D eigenvalue weighted by molar-refractivity contribution is 0.331. The number of para-hydroxylation sites is 1. The Balaban J connectivity index is 1.94. The first-order valence-corrected chi connectivity index (χ1v) is 8.01. The van der Waals surface area contributed by atoms with Gasteiger partial charge in [0.2, 0.25) is 0 Å². The molecule has 0 saturated carbocycles. The molecule has 1 aliphatic heterocycles. The number of halogens is 1. The number of anilines is 1. The van der Waals surface area contributed by atoms with Crippen LogP contribution < -0.4 is 15.4 Å². The van der Waals surface area contributed by atoms with Gasteiger partial charge in [0.15, 0.2) is 0 Å². The Kier molecular flexibility index (Phi) is 4.46. The zero-order valence-electron chi connectivity index (χ0n) is 11.9. The van der Waals surface area contributed by atoms with Crippen molar-refractivity contribution in [2.75, 3.05) is 24.6 Å². The van der Waals surface area contributed by atoms with Crippen molar-refractivity contribution < 1.29 is 4.74 Å². The highest BCUT2D eigenvalue weighted by Gasteiger charge is 2.17. The van der Waals surface area contributed by atoms with Crippen LogP contribution >= 0.6 is 15.9 Å². The van der Waals surface area contributed by atoms with E-state index >= 15 is 0 Å². The Morgan fingerprint density at radius 1 is 1.19 bits per heavy atom. The Bertz CT molecular complexity index is 630. The molecular weight excluding hydrogens is 328 g/mol. The normalized spacial score (nSPS) is 14.3. The number of hydrogen-bond acceptors (Lipinski definition) is 3. The molecule has 1 heterocycles. The zero-order chi connectivity index (χ0) is 14.7. The molecule has 1 aliphatic rings. The van der Waals surface area contributed by atoms with E-state index in [1.165, 1.54) is 16.8 Å². The maximum absolute atomic E-state index is 5.85. The van der Waals surface area contributed by atoms with Gasteiger partial charge in [0.1, 0.15) is 12.4 Å². The molecule has 2 N–H and O–H groups in total. The Morgan fingerprint density at radius 3 is 2.90 bits per heavy atom. The summed E-state index contributed by atoms with van der Waals surface area (Å²) >= 11 is 3.55. The Labute approximate surface area is 133 Å². The SMILES string of the molecule is NCCc1cc(Br)ccc1N1CCOc2ccccc2C1. The van der Waals surface area contributed by atoms with Gasteiger partial charge >= 0.3 is 0 Å². The first-order chi connectivity index (χ1) is 10.3. The number of benzene rings is 2. The van der Waals surface area contributed by atoms with Crippen molar-refractivity contribution in [2.45, 2.75) is 13.0 Å². The summed E-state index contributed by atoms with van der Waals surface area (Å²) in [6.45, 7) is 3.11. The smallest absolute Gasteiger partial charge is 0.124 e. The molecular formula is C17H19BrN2O. The molecule has 0 spiro atoms. The molecule has 0 unspecified atom stereocenters. The average molecular weight is 347 g/mol. The number of fused-ring (bicyclic) bond motifs is 1. The van der Waals surface area contributed by atoms with Crippen molar-refractivity contribution in [3.05, 3.63) is 58.1 Å². The summed E-state index contributed by atoms with van der Waals surface area (Å²) in [5.41, 5.74) is 9.53. The molecule has 110 valence electrons. The number of rotatable bonds is 3. The molecule has 3 rings (SSSR count). The molecule has 0 aliphatic carbocycles. The van der Waals surface area contributed by atoms with Crippen LogP contribution in [0, 0.1) is 0 Å². The van der Waals surface area contributed by atoms with E-state index in [9.17, 15) is 0 Å². The molecule has 3 nitrogen and oxygen atoms in total. The molecule has 4 heteroatoms. The van der Waals surface area contributed by atoms with E-state index in [0.717, 1.165) is 29.7 Å². The zero-order valence-corrected chi connectivity index (χ0v) is 13.5. The molecule has 21 heavy (non-hydrogen) atoms. The van der Waals surface area contributed by atoms with Crippen LogP contribution in [0.3, 0.4) is 0 Å². The van der Waals surface area contributed by atoms with E-state index in [1.807, 2.05) is 12.1 Å². The summed E-state index contributed by atoms with van der Waals surface area (Å²) in [4.78, 5) is 2.38. The average Bonchev–Trinajstić information content (AvgIpc) is 2.70. The van der Waals surface area contributed by atoms with Gasteiger partial charge in [-0.1, -0.05) is 34.1 Å². The summed E-state index contributed by atoms with van der Waals surface area (Å²) in [5.74, 6) is 0.998. The molecule has 0 fully saturated rings. The van der Waals surface area contributed by atoms with E-state index in [-0.39, 0.29) is 0 Å². The first kappa shape index (κ1) is 14.4. The summed E-state index contributed by atoms with van der Waals surface area (Å²) in [5, 5.41) is 0. The van der Waals surface area contributed by atoms with Crippen LogP contribution in [0.5, 0.6) is 5.75 Å². The van der Waals surface area contributed by atoms with Crippen molar-refractivity contribution >= 4 is 21.6 Å². The molecule has 2 aromatic rings. The van der Waals surface area contributed by atoms with Crippen molar-refractivity contribution in [1.82, 2.24) is 0 Å². The molecule has 0 amide bonds. The van der Waals surface area contributed by atoms with Gasteiger partial charge in [-0.15, -0.1) is 0 Å². The van der Waals surface area contributed by atoms with E-state index in [0.29, 0.717) is 13.2 Å². The molecule has 0 atom stereocenters. The third kappa shape index (κ3) is 3.22. The second kappa shape index (κ2) is 6.50. The van der Waals surface area contributed by atoms with Gasteiger partial charge in [-0.3, -0.25) is 0 Å². The first-order valence-electron chi connectivity index (χ1n) is 7.22. The van der Waals surface area contributed by atoms with Gasteiger partial charge in [-0.05, 0) is 42.8 Å². The second-order valence-electron chi connectivity index (χ2n) is 5.19. The predicted molar refractivity (Wildman–Crippen MR) is 89.9 cm³/mol. The van der Waals surface area contributed by atoms with Crippen LogP contribution in [0.25, 0.3) is 0 Å². The third-order valence-corrected chi connectivity index (χ3v) is 4.24. The third-order valence-electron chi connectivity index (χ3n) is 3.75. The fourth-order valence-electron chi connectivity index (χ4n) is 2.75. The summed E-state index contributed by atoms with van der Waals surface area (Å²) in [7, 11) is 0. The highest BCUT2D eigenvalue weighted by atomic mass is 79.9. The van der Waals surface area contributed by atoms with Gasteiger partial charge < -0.3 is 15.4 Å². The van der Waals surface area contributed by atoms with Gasteiger partial charge in [-0.2, -0.15) is 0 Å². The summed E-state index contributed by atoms with van der Waals surface area (Å²) in [6, 6.07) is 14.7. The Hall–Kier alpha value is -1.52. The topological polar surface area (TPSA) is 38.5 Å². The van der Waals surface area contributed by atoms with Crippen molar-refractivity contribution in [1.29, 1.82) is 0 Å². The lowest BCUT2D eigenvalue weighted by Crippen LogP contribution is -2.26. The van der Waals surface area contributed by atoms with E-state index < -0.39 is 0 Å². The standard InChI is InChI=1S/C17H19BrN2O/c18-15-5-6-16(13(11-15)7-8-19)20-9-10-21-17-4-2-1-3-14(17)12-20/h1-6,11H,7-10,12,19H2. The fraction of sp³-hybridized carbons (Fsp3) is 0.294. The Morgan fingerprint density at radius 2 is 2.05 bits per heavy atom. The van der Waals surface area contributed by atoms with E-state index in [4.69, 9.17) is 10.5 Å². The molecule has 0 saturated heterocycles. The van der Waals surface area contributed by atoms with Gasteiger partial charge in [0, 0.05) is 22.3 Å². The van der Waals surface area contributed by atoms with Crippen LogP contribution in [0.15, 0.2) is 46.9 Å². The monoisotopic (exact) mass is 346 g/mol. The highest BCUT2D eigenvalue weighted by Crippen LogP contribution is 2.30. The molecule has 0 aromatic heterocycles. The summed E-state index contributed by atoms with van der Waals surface area (Å²) < 4.78 is 6.95. The minimum Gasteiger partial charge on any atom is -0.491 e. The van der Waals surface area contributed by atoms with Crippen LogP contribution in [0.2, 0.25) is 0 Å². The van der Waals surface area contributed by atoms with Crippen molar-refractivity contribution in [3.8, 4) is 5.75 Å². The van der Waals surface area contributed by atoms with Gasteiger partial charge in [0.25, 0.3) is 0 Å². The number of nitrogens with zero attached hydrogens (tertiary/aromatic N) is 1. The number of hydrogen-bond donors (Lipinski definition) is 1. The minimum atomic E-state index is 0.657. The van der Waals surface area contributed by atoms with E-state index in [1.54, 1.807) is 0 Å². The maximum atomic E-state index is 5.85. The highest BCUT2D eigenvalue weighted by molar-refractivity contribution is 9.10. The molecule has 2 aromatic carbocycles. The predicted octanol–water partition coefficient (Wildman–Crippen LogP) is 3.35. The summed E-state index contributed by atoms with van der Waals surface area (Å²) in [6.07, 6.45) is 0.883. The number of nitrogens with two attached hydrogens (primary N) is 1. The van der Waals surface area contributed by atoms with Crippen LogP contribution in [0.1, 0.15) is 11.1 Å². The van der Waals surface area contributed by atoms with Crippen LogP contribution in [0.4, 0.5) is 5.69 Å². The molecule has 0 bridgehead atoms. The minimum absolute atomic E-state index is 0.657. The van der Waals surface area contributed by atoms with Crippen molar-refractivity contribution in [2.24, 2.45) is 5.73 Å². The van der Waals surface area contributed by atoms with Gasteiger partial charge in [0.05, 0.1) is 6.54 Å². The fourth-order valence-corrected chi connectivity index (χ4v) is 3.16. The maximum Gasteiger partial charge on any atom is 0.124 e. The lowest BCUT2D eigenvalue weighted by atomic mass is 10.1. The van der Waals surface area contributed by atoms with Crippen LogP contribution in [-0.2, 0) is 13.0 Å². The van der Waals surface area contributed by atoms with Crippen LogP contribution in [-0.4, -0.2) is 19.7 Å². The number of ether oxygens (including phenoxy) is 1. The second-order valence-corrected chi connectivity index (χ2v) is 6.11. The molecule has 0 radical (unpaired) electrons. The largest absolute Gasteiger partial charge is 0.491 e. The van der Waals surface area contributed by atoms with E-state index in [2.05, 4.69) is 51.2 Å². The lowest BCUT2D eigenvalue weighted by Gasteiger charge is -2.25. The van der Waals surface area contributed by atoms with Gasteiger partial charge in [-0.25, -0.2) is 0 Å². The van der Waals surface area contributed by atoms with Crippen molar-refractivity contribution in [3.63, 3.8) is 0 Å².